The Bertz CT molecular complexity index is 410. The summed E-state index contributed by atoms with van der Waals surface area (Å²) < 4.78 is 0. The van der Waals surface area contributed by atoms with Crippen molar-refractivity contribution in [1.82, 2.24) is 10.2 Å². The van der Waals surface area contributed by atoms with E-state index in [4.69, 9.17) is 23.2 Å². The van der Waals surface area contributed by atoms with Gasteiger partial charge < -0.3 is 0 Å². The molecule has 0 aromatic heterocycles. The number of nitrogens with zero attached hydrogens (tertiary/aromatic N) is 2. The monoisotopic (exact) mass is 283 g/mol. The van der Waals surface area contributed by atoms with Gasteiger partial charge in [-0.15, -0.1) is 0 Å². The van der Waals surface area contributed by atoms with Crippen molar-refractivity contribution in [2.75, 3.05) is 32.7 Å². The summed E-state index contributed by atoms with van der Waals surface area (Å²) in [5.74, 6) is 0. The molecule has 1 fully saturated rings. The van der Waals surface area contributed by atoms with Gasteiger partial charge in [-0.25, -0.2) is 5.32 Å². The lowest BCUT2D eigenvalue weighted by molar-refractivity contribution is 0.324. The van der Waals surface area contributed by atoms with E-state index in [0.717, 1.165) is 38.3 Å². The molecule has 1 heterocycles. The molecule has 1 radical (unpaired) electrons. The Labute approximate surface area is 119 Å². The first kappa shape index (κ1) is 13.9. The highest BCUT2D eigenvalue weighted by Crippen LogP contribution is 2.23. The molecule has 97 valence electrons. The molecule has 0 spiro atoms. The zero-order chi connectivity index (χ0) is 12.8. The van der Waals surface area contributed by atoms with Gasteiger partial charge in [-0.1, -0.05) is 41.4 Å². The van der Waals surface area contributed by atoms with E-state index in [1.165, 1.54) is 6.42 Å². The van der Waals surface area contributed by atoms with E-state index in [0.29, 0.717) is 10.0 Å². The fourth-order valence-corrected chi connectivity index (χ4v) is 2.28. The van der Waals surface area contributed by atoms with Gasteiger partial charge in [0.25, 0.3) is 0 Å². The van der Waals surface area contributed by atoms with Crippen LogP contribution < -0.4 is 5.32 Å². The molecule has 2 rings (SSSR count). The van der Waals surface area contributed by atoms with Crippen molar-refractivity contribution in [3.05, 3.63) is 39.9 Å². The minimum absolute atomic E-state index is 0.600. The molecule has 1 aliphatic heterocycles. The van der Waals surface area contributed by atoms with Gasteiger partial charge >= 0.3 is 0 Å². The van der Waals surface area contributed by atoms with Crippen LogP contribution in [0.1, 0.15) is 12.0 Å². The first-order valence-corrected chi connectivity index (χ1v) is 6.98. The second-order valence-electron chi connectivity index (χ2n) is 4.40. The number of hydrogen-bond donors (Lipinski definition) is 0. The molecule has 0 bridgehead atoms. The van der Waals surface area contributed by atoms with Crippen molar-refractivity contribution in [2.24, 2.45) is 0 Å². The molecule has 0 aliphatic carbocycles. The van der Waals surface area contributed by atoms with E-state index < -0.39 is 0 Å². The van der Waals surface area contributed by atoms with E-state index >= 15 is 0 Å². The van der Waals surface area contributed by atoms with E-state index in [1.54, 1.807) is 0 Å². The van der Waals surface area contributed by atoms with Crippen LogP contribution >= 0.6 is 23.2 Å². The Kier molecular flexibility index (Phi) is 5.51. The van der Waals surface area contributed by atoms with Crippen molar-refractivity contribution in [3.8, 4) is 0 Å². The second-order valence-corrected chi connectivity index (χ2v) is 5.22. The zero-order valence-corrected chi connectivity index (χ0v) is 11.8. The van der Waals surface area contributed by atoms with Crippen LogP contribution in [0.15, 0.2) is 24.3 Å². The summed E-state index contributed by atoms with van der Waals surface area (Å²) >= 11 is 11.9. The maximum atomic E-state index is 5.97. The normalized spacial score (nSPS) is 18.1. The summed E-state index contributed by atoms with van der Waals surface area (Å²) in [4.78, 5) is 2.42. The molecule has 1 aliphatic rings. The van der Waals surface area contributed by atoms with E-state index in [1.807, 2.05) is 18.2 Å². The zero-order valence-electron chi connectivity index (χ0n) is 10.3. The fourth-order valence-electron chi connectivity index (χ4n) is 1.98. The van der Waals surface area contributed by atoms with Gasteiger partial charge in [0, 0.05) is 26.2 Å². The molecule has 1 aromatic rings. The van der Waals surface area contributed by atoms with E-state index in [9.17, 15) is 0 Å². The highest BCUT2D eigenvalue weighted by molar-refractivity contribution is 6.42. The summed E-state index contributed by atoms with van der Waals surface area (Å²) in [5, 5.41) is 5.61. The third-order valence-corrected chi connectivity index (χ3v) is 3.72. The van der Waals surface area contributed by atoms with E-state index in [2.05, 4.69) is 22.4 Å². The molecule has 0 atom stereocenters. The maximum absolute atomic E-state index is 5.97. The minimum atomic E-state index is 0.600. The average molecular weight is 284 g/mol. The molecule has 18 heavy (non-hydrogen) atoms. The molecule has 0 amide bonds. The standard InChI is InChI=1S/C14H17Cl2N2/c15-13-5-4-12(11-14(13)16)3-1-8-18-9-2-6-17-7-10-18/h1,3-5,11H,2,6-10H2. The van der Waals surface area contributed by atoms with Gasteiger partial charge in [-0.2, -0.15) is 0 Å². The van der Waals surface area contributed by atoms with Crippen molar-refractivity contribution < 1.29 is 0 Å². The smallest absolute Gasteiger partial charge is 0.0598 e. The topological polar surface area (TPSA) is 17.3 Å². The quantitative estimate of drug-likeness (QED) is 0.832. The Morgan fingerprint density at radius 3 is 2.89 bits per heavy atom. The average Bonchev–Trinajstić information content (AvgIpc) is 2.62. The summed E-state index contributed by atoms with van der Waals surface area (Å²) in [7, 11) is 0. The van der Waals surface area contributed by atoms with Crippen molar-refractivity contribution in [3.63, 3.8) is 0 Å². The molecule has 4 heteroatoms. The van der Waals surface area contributed by atoms with Crippen LogP contribution in [0.25, 0.3) is 6.08 Å². The number of halogens is 2. The Balaban J connectivity index is 1.88. The van der Waals surface area contributed by atoms with Gasteiger partial charge in [0.2, 0.25) is 0 Å². The number of hydrogen-bond acceptors (Lipinski definition) is 1. The molecule has 0 unspecified atom stereocenters. The minimum Gasteiger partial charge on any atom is -0.298 e. The molecule has 0 N–H and O–H groups in total. The van der Waals surface area contributed by atoms with Gasteiger partial charge in [0.15, 0.2) is 0 Å². The van der Waals surface area contributed by atoms with Crippen molar-refractivity contribution in [2.45, 2.75) is 6.42 Å². The first-order chi connectivity index (χ1) is 8.75. The van der Waals surface area contributed by atoms with Gasteiger partial charge in [-0.3, -0.25) is 4.90 Å². The predicted molar refractivity (Wildman–Crippen MR) is 78.4 cm³/mol. The van der Waals surface area contributed by atoms with Crippen molar-refractivity contribution >= 4 is 29.3 Å². The third-order valence-electron chi connectivity index (χ3n) is 2.98. The third kappa shape index (κ3) is 4.29. The molecule has 2 nitrogen and oxygen atoms in total. The number of rotatable bonds is 3. The van der Waals surface area contributed by atoms with Crippen LogP contribution in [0.4, 0.5) is 0 Å². The molecule has 0 saturated carbocycles. The summed E-state index contributed by atoms with van der Waals surface area (Å²) in [5.41, 5.74) is 1.09. The Morgan fingerprint density at radius 1 is 1.17 bits per heavy atom. The lowest BCUT2D eigenvalue weighted by Gasteiger charge is -2.16. The first-order valence-electron chi connectivity index (χ1n) is 6.23. The van der Waals surface area contributed by atoms with Crippen LogP contribution in [0.5, 0.6) is 0 Å². The molecular weight excluding hydrogens is 267 g/mol. The fraction of sp³-hybridized carbons (Fsp3) is 0.429. The van der Waals surface area contributed by atoms with Crippen LogP contribution in [-0.4, -0.2) is 37.6 Å². The lowest BCUT2D eigenvalue weighted by atomic mass is 10.2. The predicted octanol–water partition coefficient (Wildman–Crippen LogP) is 3.32. The van der Waals surface area contributed by atoms with Crippen LogP contribution in [0, 0.1) is 0 Å². The molecule has 1 aromatic carbocycles. The Morgan fingerprint density at radius 2 is 2.06 bits per heavy atom. The van der Waals surface area contributed by atoms with Crippen LogP contribution in [0.2, 0.25) is 10.0 Å². The van der Waals surface area contributed by atoms with Gasteiger partial charge in [0.05, 0.1) is 10.0 Å². The summed E-state index contributed by atoms with van der Waals surface area (Å²) in [6, 6.07) is 5.69. The highest BCUT2D eigenvalue weighted by atomic mass is 35.5. The molecular formula is C14H17Cl2N2. The largest absolute Gasteiger partial charge is 0.298 e. The summed E-state index contributed by atoms with van der Waals surface area (Å²) in [6.07, 6.45) is 5.43. The summed E-state index contributed by atoms with van der Waals surface area (Å²) in [6.45, 7) is 5.13. The number of benzene rings is 1. The van der Waals surface area contributed by atoms with E-state index in [-0.39, 0.29) is 0 Å². The highest BCUT2D eigenvalue weighted by Gasteiger charge is 2.06. The lowest BCUT2D eigenvalue weighted by Crippen LogP contribution is -2.27. The van der Waals surface area contributed by atoms with Crippen LogP contribution in [0.3, 0.4) is 0 Å². The van der Waals surface area contributed by atoms with Crippen LogP contribution in [-0.2, 0) is 0 Å². The molecule has 1 saturated heterocycles. The SMILES string of the molecule is Clc1ccc(C=CCN2CCC[N]CC2)cc1Cl. The van der Waals surface area contributed by atoms with Crippen molar-refractivity contribution in [1.29, 1.82) is 0 Å². The maximum Gasteiger partial charge on any atom is 0.0598 e. The Hall–Kier alpha value is -0.540. The second kappa shape index (κ2) is 7.15. The van der Waals surface area contributed by atoms with Gasteiger partial charge in [0.1, 0.15) is 0 Å². The van der Waals surface area contributed by atoms with Gasteiger partial charge in [-0.05, 0) is 30.7 Å².